The Hall–Kier alpha value is -0.420. The van der Waals surface area contributed by atoms with Gasteiger partial charge in [-0.1, -0.05) is 0 Å². The second-order valence-corrected chi connectivity index (χ2v) is 4.97. The van der Waals surface area contributed by atoms with Crippen molar-refractivity contribution in [1.29, 1.82) is 0 Å². The molecule has 0 amide bonds. The summed E-state index contributed by atoms with van der Waals surface area (Å²) in [5, 5.41) is 3.18. The summed E-state index contributed by atoms with van der Waals surface area (Å²) in [6.45, 7) is 3.86. The first-order valence-corrected chi connectivity index (χ1v) is 6.31. The summed E-state index contributed by atoms with van der Waals surface area (Å²) in [6.07, 6.45) is 2.01. The van der Waals surface area contributed by atoms with Gasteiger partial charge in [0.05, 0.1) is 13.5 Å². The molecule has 0 aliphatic rings. The van der Waals surface area contributed by atoms with Crippen LogP contribution in [0.2, 0.25) is 0 Å². The van der Waals surface area contributed by atoms with Gasteiger partial charge in [-0.05, 0) is 13.8 Å². The smallest absolute Gasteiger partial charge is 0.307 e. The third kappa shape index (κ3) is 7.03. The van der Waals surface area contributed by atoms with Gasteiger partial charge in [-0.15, -0.1) is 0 Å². The molecule has 0 aromatic heterocycles. The number of hydrogen-bond donors (Lipinski definition) is 1. The Morgan fingerprint density at radius 3 is 2.43 bits per heavy atom. The third-order valence-corrected chi connectivity index (χ3v) is 2.72. The van der Waals surface area contributed by atoms with E-state index >= 15 is 0 Å². The summed E-state index contributed by atoms with van der Waals surface area (Å²) < 4.78 is 15.4. The lowest BCUT2D eigenvalue weighted by Crippen LogP contribution is -2.39. The van der Waals surface area contributed by atoms with Crippen molar-refractivity contribution >= 4 is 16.8 Å². The van der Waals surface area contributed by atoms with Crippen LogP contribution >= 0.6 is 0 Å². The quantitative estimate of drug-likeness (QED) is 0.655. The van der Waals surface area contributed by atoms with E-state index in [9.17, 15) is 9.00 Å². The lowest BCUT2D eigenvalue weighted by molar-refractivity contribution is -0.141. The normalized spacial score (nSPS) is 17.1. The van der Waals surface area contributed by atoms with Gasteiger partial charge in [0, 0.05) is 34.9 Å². The van der Waals surface area contributed by atoms with E-state index in [-0.39, 0.29) is 18.1 Å². The standard InChI is InChI=1S/C9H19NO3S/c1-7(5-9(11)13-3)10-8(2)6-14(4)12/h7-8,10H,5-6H2,1-4H3. The number of rotatable bonds is 6. The molecular weight excluding hydrogens is 202 g/mol. The summed E-state index contributed by atoms with van der Waals surface area (Å²) in [7, 11) is 0.569. The number of ether oxygens (including phenoxy) is 1. The summed E-state index contributed by atoms with van der Waals surface area (Å²) >= 11 is 0. The van der Waals surface area contributed by atoms with Crippen LogP contribution in [0, 0.1) is 0 Å². The minimum absolute atomic E-state index is 0.0565. The van der Waals surface area contributed by atoms with Crippen molar-refractivity contribution in [3.05, 3.63) is 0 Å². The number of carbonyl (C=O) groups is 1. The van der Waals surface area contributed by atoms with Crippen LogP contribution < -0.4 is 5.32 Å². The molecule has 0 fully saturated rings. The van der Waals surface area contributed by atoms with Gasteiger partial charge < -0.3 is 10.1 Å². The lowest BCUT2D eigenvalue weighted by atomic mass is 10.2. The molecule has 5 heteroatoms. The Kier molecular flexibility index (Phi) is 6.74. The third-order valence-electron chi connectivity index (χ3n) is 1.75. The van der Waals surface area contributed by atoms with Crippen LogP contribution in [-0.2, 0) is 20.3 Å². The van der Waals surface area contributed by atoms with Crippen LogP contribution in [0.5, 0.6) is 0 Å². The molecule has 0 aliphatic carbocycles. The molecule has 0 aromatic carbocycles. The Morgan fingerprint density at radius 1 is 1.43 bits per heavy atom. The molecule has 0 rings (SSSR count). The lowest BCUT2D eigenvalue weighted by Gasteiger charge is -2.18. The summed E-state index contributed by atoms with van der Waals surface area (Å²) in [4.78, 5) is 10.9. The van der Waals surface area contributed by atoms with Gasteiger partial charge in [-0.25, -0.2) is 0 Å². The monoisotopic (exact) mass is 221 g/mol. The van der Waals surface area contributed by atoms with E-state index in [0.29, 0.717) is 12.2 Å². The highest BCUT2D eigenvalue weighted by Gasteiger charge is 2.12. The number of esters is 1. The van der Waals surface area contributed by atoms with Crippen LogP contribution in [0.25, 0.3) is 0 Å². The van der Waals surface area contributed by atoms with Crippen molar-refractivity contribution < 1.29 is 13.7 Å². The second-order valence-electron chi connectivity index (χ2n) is 3.49. The van der Waals surface area contributed by atoms with Crippen molar-refractivity contribution in [2.75, 3.05) is 19.1 Å². The number of carbonyl (C=O) groups excluding carboxylic acids is 1. The molecule has 1 N–H and O–H groups in total. The molecule has 0 aliphatic heterocycles. The fourth-order valence-corrected chi connectivity index (χ4v) is 2.08. The van der Waals surface area contributed by atoms with Gasteiger partial charge in [0.25, 0.3) is 0 Å². The minimum atomic E-state index is -0.805. The minimum Gasteiger partial charge on any atom is -0.469 e. The molecule has 3 unspecified atom stereocenters. The average Bonchev–Trinajstić information content (AvgIpc) is 2.01. The molecule has 4 nitrogen and oxygen atoms in total. The van der Waals surface area contributed by atoms with Crippen molar-refractivity contribution in [1.82, 2.24) is 5.32 Å². The van der Waals surface area contributed by atoms with Crippen LogP contribution in [-0.4, -0.2) is 41.4 Å². The van der Waals surface area contributed by atoms with Crippen molar-refractivity contribution in [2.24, 2.45) is 0 Å². The highest BCUT2D eigenvalue weighted by molar-refractivity contribution is 7.84. The SMILES string of the molecule is COC(=O)CC(C)NC(C)CS(C)=O. The zero-order valence-corrected chi connectivity index (χ0v) is 10.0. The van der Waals surface area contributed by atoms with E-state index in [4.69, 9.17) is 0 Å². The molecule has 0 spiro atoms. The first-order chi connectivity index (χ1) is 6.45. The molecule has 0 saturated heterocycles. The van der Waals surface area contributed by atoms with Crippen molar-refractivity contribution in [2.45, 2.75) is 32.4 Å². The van der Waals surface area contributed by atoms with Crippen LogP contribution in [0.3, 0.4) is 0 Å². The Morgan fingerprint density at radius 2 is 2.00 bits per heavy atom. The molecule has 0 saturated carbocycles. The maximum atomic E-state index is 10.9. The van der Waals surface area contributed by atoms with Gasteiger partial charge in [0.1, 0.15) is 0 Å². The predicted octanol–water partition coefficient (Wildman–Crippen LogP) is 0.295. The van der Waals surface area contributed by atoms with Gasteiger partial charge in [0.2, 0.25) is 0 Å². The largest absolute Gasteiger partial charge is 0.469 e. The van der Waals surface area contributed by atoms with E-state index in [2.05, 4.69) is 10.1 Å². The van der Waals surface area contributed by atoms with Crippen LogP contribution in [0.1, 0.15) is 20.3 Å². The van der Waals surface area contributed by atoms with Gasteiger partial charge >= 0.3 is 5.97 Å². The van der Waals surface area contributed by atoms with Gasteiger partial charge in [-0.2, -0.15) is 0 Å². The van der Waals surface area contributed by atoms with E-state index in [0.717, 1.165) is 0 Å². The Labute approximate surface area is 87.9 Å². The zero-order valence-electron chi connectivity index (χ0n) is 9.20. The molecule has 0 bridgehead atoms. The molecule has 3 atom stereocenters. The predicted molar refractivity (Wildman–Crippen MR) is 57.6 cm³/mol. The average molecular weight is 221 g/mol. The van der Waals surface area contributed by atoms with Crippen LogP contribution in [0.15, 0.2) is 0 Å². The highest BCUT2D eigenvalue weighted by atomic mass is 32.2. The maximum Gasteiger partial charge on any atom is 0.307 e. The van der Waals surface area contributed by atoms with E-state index < -0.39 is 10.8 Å². The number of methoxy groups -OCH3 is 1. The second kappa shape index (κ2) is 6.95. The fraction of sp³-hybridized carbons (Fsp3) is 0.889. The maximum absolute atomic E-state index is 10.9. The van der Waals surface area contributed by atoms with Crippen molar-refractivity contribution in [3.63, 3.8) is 0 Å². The number of nitrogens with one attached hydrogen (secondary N) is 1. The Bertz CT molecular complexity index is 208. The summed E-state index contributed by atoms with van der Waals surface area (Å²) in [5.41, 5.74) is 0. The zero-order chi connectivity index (χ0) is 11.1. The summed E-state index contributed by atoms with van der Waals surface area (Å²) in [5.74, 6) is 0.376. The van der Waals surface area contributed by atoms with Gasteiger partial charge in [0.15, 0.2) is 0 Å². The molecule has 14 heavy (non-hydrogen) atoms. The molecular formula is C9H19NO3S. The molecule has 0 aromatic rings. The molecule has 84 valence electrons. The molecule has 0 heterocycles. The van der Waals surface area contributed by atoms with Gasteiger partial charge in [-0.3, -0.25) is 9.00 Å². The summed E-state index contributed by atoms with van der Waals surface area (Å²) in [6, 6.07) is 0.210. The van der Waals surface area contributed by atoms with Crippen LogP contribution in [0.4, 0.5) is 0 Å². The van der Waals surface area contributed by atoms with E-state index in [1.165, 1.54) is 7.11 Å². The first-order valence-electron chi connectivity index (χ1n) is 4.58. The number of hydrogen-bond acceptors (Lipinski definition) is 4. The Balaban J connectivity index is 3.75. The highest BCUT2D eigenvalue weighted by Crippen LogP contribution is 1.96. The van der Waals surface area contributed by atoms with E-state index in [1.807, 2.05) is 13.8 Å². The molecule has 0 radical (unpaired) electrons. The fourth-order valence-electron chi connectivity index (χ4n) is 1.28. The topological polar surface area (TPSA) is 55.4 Å². The van der Waals surface area contributed by atoms with E-state index in [1.54, 1.807) is 6.26 Å². The van der Waals surface area contributed by atoms with Crippen molar-refractivity contribution in [3.8, 4) is 0 Å². The first kappa shape index (κ1) is 13.6.